The summed E-state index contributed by atoms with van der Waals surface area (Å²) in [6.07, 6.45) is -8.01. The average molecular weight is 752 g/mol. The molecule has 15 heteroatoms. The van der Waals surface area contributed by atoms with E-state index in [0.29, 0.717) is 56.5 Å². The van der Waals surface area contributed by atoms with Gasteiger partial charge in [0.15, 0.2) is 5.66 Å². The van der Waals surface area contributed by atoms with Crippen LogP contribution in [0.4, 0.5) is 41.6 Å². The highest BCUT2D eigenvalue weighted by molar-refractivity contribution is 5.91. The average Bonchev–Trinajstić information content (AvgIpc) is 3.26. The SMILES string of the molecule is CC1(C)CCN(C2CCN(C3(CC=O)CC(N4CCc5ccccc5NC4=O)CC[N@+]3(Cc3cc(C(F)(F)F)cc(C(F)(F)F)c3)C(=O)[O-])CC2)CC1. The summed E-state index contributed by atoms with van der Waals surface area (Å²) >= 11 is 0. The zero-order valence-corrected chi connectivity index (χ0v) is 30.1. The number of anilines is 1. The Hall–Kier alpha value is -3.69. The number of rotatable bonds is 7. The summed E-state index contributed by atoms with van der Waals surface area (Å²) in [5.41, 5.74) is -3.47. The van der Waals surface area contributed by atoms with Crippen LogP contribution in [-0.2, 0) is 30.1 Å². The fourth-order valence-electron chi connectivity index (χ4n) is 9.27. The molecule has 0 radical (unpaired) electrons. The van der Waals surface area contributed by atoms with E-state index in [1.54, 1.807) is 17.0 Å². The van der Waals surface area contributed by atoms with Crippen LogP contribution in [0.15, 0.2) is 42.5 Å². The quantitative estimate of drug-likeness (QED) is 0.197. The van der Waals surface area contributed by atoms with Crippen molar-refractivity contribution in [1.82, 2.24) is 14.7 Å². The third kappa shape index (κ3) is 7.79. The maximum Gasteiger partial charge on any atom is 0.416 e. The summed E-state index contributed by atoms with van der Waals surface area (Å²) in [6, 6.07) is 7.64. The predicted molar refractivity (Wildman–Crippen MR) is 182 cm³/mol. The first-order valence-electron chi connectivity index (χ1n) is 18.3. The lowest BCUT2D eigenvalue weighted by Crippen LogP contribution is -2.80. The number of aldehydes is 1. The molecule has 0 aliphatic carbocycles. The second-order valence-corrected chi connectivity index (χ2v) is 16.0. The van der Waals surface area contributed by atoms with Crippen LogP contribution in [-0.4, -0.2) is 94.6 Å². The van der Waals surface area contributed by atoms with Crippen LogP contribution in [0.5, 0.6) is 0 Å². The van der Waals surface area contributed by atoms with Crippen LogP contribution in [0.2, 0.25) is 0 Å². The smallest absolute Gasteiger partial charge is 0.416 e. The highest BCUT2D eigenvalue weighted by atomic mass is 19.4. The number of para-hydroxylation sites is 1. The maximum absolute atomic E-state index is 14.0. The highest BCUT2D eigenvalue weighted by Gasteiger charge is 2.61. The van der Waals surface area contributed by atoms with Gasteiger partial charge in [-0.15, -0.1) is 0 Å². The number of carbonyl (C=O) groups excluding carboxylic acids is 3. The minimum Gasteiger partial charge on any atom is -0.498 e. The Bertz CT molecular complexity index is 1650. The molecule has 9 nitrogen and oxygen atoms in total. The van der Waals surface area contributed by atoms with Crippen molar-refractivity contribution in [2.45, 2.75) is 102 Å². The molecular formula is C38H47F6N5O4. The third-order valence-corrected chi connectivity index (χ3v) is 12.4. The molecule has 2 unspecified atom stereocenters. The summed E-state index contributed by atoms with van der Waals surface area (Å²) < 4.78 is 82.8. The van der Waals surface area contributed by atoms with Crippen molar-refractivity contribution < 1.29 is 50.3 Å². The number of likely N-dealkylation sites (tertiary alicyclic amines) is 3. The molecule has 2 aromatic carbocycles. The van der Waals surface area contributed by atoms with Gasteiger partial charge in [-0.1, -0.05) is 32.0 Å². The lowest BCUT2D eigenvalue weighted by atomic mass is 9.80. The highest BCUT2D eigenvalue weighted by Crippen LogP contribution is 2.47. The van der Waals surface area contributed by atoms with Crippen LogP contribution in [0, 0.1) is 5.41 Å². The molecule has 4 aliphatic rings. The number of quaternary nitrogens is 1. The van der Waals surface area contributed by atoms with Crippen molar-refractivity contribution in [3.05, 3.63) is 64.7 Å². The summed E-state index contributed by atoms with van der Waals surface area (Å²) in [5.74, 6) is 0. The number of halogens is 6. The first-order valence-corrected chi connectivity index (χ1v) is 18.3. The van der Waals surface area contributed by atoms with Gasteiger partial charge < -0.3 is 29.8 Å². The molecule has 3 fully saturated rings. The molecule has 0 bridgehead atoms. The third-order valence-electron chi connectivity index (χ3n) is 12.4. The van der Waals surface area contributed by atoms with E-state index in [-0.39, 0.29) is 49.9 Å². The Labute approximate surface area is 305 Å². The second kappa shape index (κ2) is 14.5. The van der Waals surface area contributed by atoms with E-state index >= 15 is 0 Å². The molecule has 290 valence electrons. The lowest BCUT2D eigenvalue weighted by Gasteiger charge is -2.62. The molecule has 3 amide bonds. The topological polar surface area (TPSA) is 96.0 Å². The van der Waals surface area contributed by atoms with Crippen LogP contribution in [0.1, 0.15) is 81.0 Å². The number of hydrogen-bond acceptors (Lipinski definition) is 6. The van der Waals surface area contributed by atoms with Crippen LogP contribution in [0.25, 0.3) is 0 Å². The van der Waals surface area contributed by atoms with Crippen molar-refractivity contribution in [3.63, 3.8) is 0 Å². The molecule has 4 aliphatic heterocycles. The molecule has 0 saturated carbocycles. The van der Waals surface area contributed by atoms with Crippen LogP contribution < -0.4 is 10.4 Å². The molecule has 53 heavy (non-hydrogen) atoms. The Morgan fingerprint density at radius 1 is 0.925 bits per heavy atom. The number of carboxylic acid groups (broad SMARTS) is 1. The second-order valence-electron chi connectivity index (χ2n) is 16.0. The number of fused-ring (bicyclic) bond motifs is 1. The summed E-state index contributed by atoms with van der Waals surface area (Å²) in [5, 5.41) is 16.6. The van der Waals surface area contributed by atoms with Crippen molar-refractivity contribution >= 4 is 24.1 Å². The molecule has 6 rings (SSSR count). The standard InChI is InChI=1S/C38H47F6N5O4/c1-35(2)11-17-46(18-12-35)30-8-14-47(15-9-30)36(13-20-50)24-31(48-16-7-27-5-3-4-6-32(27)45-33(48)51)10-19-49(36,34(52)53)25-26-21-28(37(39,40)41)23-29(22-26)38(42,43)44/h3-6,20-23,30-31H,7-19,24-25H2,1-2H3,(H-,45,51,52,53)/t31?,36?,49-/m0/s1. The van der Waals surface area contributed by atoms with Gasteiger partial charge in [0.1, 0.15) is 12.8 Å². The fourth-order valence-corrected chi connectivity index (χ4v) is 9.27. The summed E-state index contributed by atoms with van der Waals surface area (Å²) in [4.78, 5) is 46.1. The Morgan fingerprint density at radius 3 is 2.13 bits per heavy atom. The molecule has 0 aromatic heterocycles. The Kier molecular flexibility index (Phi) is 10.7. The molecule has 4 heterocycles. The number of urea groups is 1. The molecule has 1 N–H and O–H groups in total. The first kappa shape index (κ1) is 39.0. The number of nitrogens with one attached hydrogen (secondary N) is 1. The van der Waals surface area contributed by atoms with Crippen LogP contribution in [0.3, 0.4) is 0 Å². The van der Waals surface area contributed by atoms with Gasteiger partial charge in [-0.05, 0) is 80.4 Å². The molecular weight excluding hydrogens is 704 g/mol. The number of hydrogen-bond donors (Lipinski definition) is 1. The number of nitrogens with zero attached hydrogens (tertiary/aromatic N) is 4. The van der Waals surface area contributed by atoms with Crippen molar-refractivity contribution in [1.29, 1.82) is 0 Å². The molecule has 2 aromatic rings. The van der Waals surface area contributed by atoms with Crippen LogP contribution >= 0.6 is 0 Å². The number of alkyl halides is 6. The zero-order valence-electron chi connectivity index (χ0n) is 30.1. The number of carbonyl (C=O) groups is 3. The molecule has 3 saturated heterocycles. The van der Waals surface area contributed by atoms with Gasteiger partial charge in [0.25, 0.3) is 6.09 Å². The number of benzene rings is 2. The van der Waals surface area contributed by atoms with E-state index in [4.69, 9.17) is 0 Å². The first-order chi connectivity index (χ1) is 24.9. The fraction of sp³-hybridized carbons (Fsp3) is 0.605. The monoisotopic (exact) mass is 751 g/mol. The van der Waals surface area contributed by atoms with E-state index in [1.165, 1.54) is 0 Å². The van der Waals surface area contributed by atoms with E-state index in [1.807, 2.05) is 17.0 Å². The number of amides is 3. The van der Waals surface area contributed by atoms with Gasteiger partial charge in [-0.2, -0.15) is 26.3 Å². The number of piperidine rings is 3. The van der Waals surface area contributed by atoms with E-state index < -0.39 is 63.9 Å². The molecule has 3 atom stereocenters. The Balaban J connectivity index is 1.40. The maximum atomic E-state index is 14.0. The van der Waals surface area contributed by atoms with E-state index in [2.05, 4.69) is 24.1 Å². The van der Waals surface area contributed by atoms with Gasteiger partial charge in [-0.3, -0.25) is 9.38 Å². The van der Waals surface area contributed by atoms with Crippen molar-refractivity contribution in [3.8, 4) is 0 Å². The largest absolute Gasteiger partial charge is 0.498 e. The zero-order chi connectivity index (χ0) is 38.4. The lowest BCUT2D eigenvalue weighted by molar-refractivity contribution is -0.956. The summed E-state index contributed by atoms with van der Waals surface area (Å²) in [6.45, 7) is 6.16. The van der Waals surface area contributed by atoms with Gasteiger partial charge in [0.2, 0.25) is 0 Å². The minimum absolute atomic E-state index is 0.0141. The van der Waals surface area contributed by atoms with Gasteiger partial charge in [-0.25, -0.2) is 4.79 Å². The summed E-state index contributed by atoms with van der Waals surface area (Å²) in [7, 11) is 0. The normalized spacial score (nSPS) is 27.8. The van der Waals surface area contributed by atoms with Gasteiger partial charge in [0, 0.05) is 55.8 Å². The van der Waals surface area contributed by atoms with Gasteiger partial charge in [0.05, 0.1) is 24.1 Å². The predicted octanol–water partition coefficient (Wildman–Crippen LogP) is 6.51. The van der Waals surface area contributed by atoms with Crippen molar-refractivity contribution in [2.75, 3.05) is 44.6 Å². The minimum atomic E-state index is -5.14. The van der Waals surface area contributed by atoms with Gasteiger partial charge >= 0.3 is 18.4 Å². The molecule has 0 spiro atoms. The van der Waals surface area contributed by atoms with E-state index in [0.717, 1.165) is 31.5 Å². The Morgan fingerprint density at radius 2 is 1.55 bits per heavy atom. The van der Waals surface area contributed by atoms with Crippen molar-refractivity contribution in [2.24, 2.45) is 5.41 Å². The van der Waals surface area contributed by atoms with E-state index in [9.17, 15) is 45.8 Å².